The highest BCUT2D eigenvalue weighted by Gasteiger charge is 2.26. The molecule has 2 aromatic heterocycles. The van der Waals surface area contributed by atoms with Gasteiger partial charge in [-0.15, -0.1) is 0 Å². The van der Waals surface area contributed by atoms with Crippen molar-refractivity contribution in [3.05, 3.63) is 41.2 Å². The molecule has 3 heterocycles. The van der Waals surface area contributed by atoms with E-state index in [0.29, 0.717) is 23.9 Å². The van der Waals surface area contributed by atoms with Crippen LogP contribution in [0.4, 0.5) is 17.7 Å². The fourth-order valence-corrected chi connectivity index (χ4v) is 3.55. The number of β-amino-alcohol motifs (C(OH)–C–C–N with tert-alkyl or cyclic N) is 1. The molecular weight excluding hydrogens is 366 g/mol. The predicted molar refractivity (Wildman–Crippen MR) is 106 cm³/mol. The Morgan fingerprint density at radius 3 is 2.93 bits per heavy atom. The Balaban J connectivity index is 1.77. The van der Waals surface area contributed by atoms with E-state index in [1.54, 1.807) is 0 Å². The zero-order valence-electron chi connectivity index (χ0n) is 14.8. The van der Waals surface area contributed by atoms with Crippen LogP contribution in [0.5, 0.6) is 0 Å². The van der Waals surface area contributed by atoms with Crippen molar-refractivity contribution in [3.63, 3.8) is 0 Å². The van der Waals surface area contributed by atoms with Gasteiger partial charge in [0.15, 0.2) is 0 Å². The van der Waals surface area contributed by atoms with Gasteiger partial charge in [0, 0.05) is 24.0 Å². The van der Waals surface area contributed by atoms with Gasteiger partial charge in [0.2, 0.25) is 11.9 Å². The van der Waals surface area contributed by atoms with Crippen molar-refractivity contribution in [1.29, 1.82) is 0 Å². The number of aromatic nitrogens is 4. The van der Waals surface area contributed by atoms with E-state index in [4.69, 9.17) is 22.3 Å². The molecule has 1 aliphatic rings. The molecule has 0 amide bonds. The Bertz CT molecular complexity index is 983. The molecule has 27 heavy (non-hydrogen) atoms. The monoisotopic (exact) mass is 385 g/mol. The standard InChI is InChI=1S/C18H20ClN7O/c1-10(23-18-22-9-21-17(20)25-18)13-7-11-3-2-4-14(19)15(11)24-16(13)26-6-5-12(27)8-26/h2-4,7,9-10,12,27H,5-6,8H2,1H3,(H3,20,21,22,23,25)/t10-,12-/m0/s1. The van der Waals surface area contributed by atoms with Gasteiger partial charge < -0.3 is 21.1 Å². The molecule has 0 bridgehead atoms. The van der Waals surface area contributed by atoms with Crippen LogP contribution < -0.4 is 16.0 Å². The lowest BCUT2D eigenvalue weighted by Crippen LogP contribution is -2.25. The number of para-hydroxylation sites is 1. The van der Waals surface area contributed by atoms with Crippen LogP contribution in [0, 0.1) is 0 Å². The Labute approximate surface area is 161 Å². The first-order valence-corrected chi connectivity index (χ1v) is 9.12. The molecule has 9 heteroatoms. The van der Waals surface area contributed by atoms with E-state index in [2.05, 4.69) is 31.2 Å². The fourth-order valence-electron chi connectivity index (χ4n) is 3.32. The molecular formula is C18H20ClN7O. The van der Waals surface area contributed by atoms with Crippen LogP contribution in [0.25, 0.3) is 10.9 Å². The van der Waals surface area contributed by atoms with Gasteiger partial charge in [-0.2, -0.15) is 4.98 Å². The number of pyridine rings is 1. The number of nitrogens with one attached hydrogen (secondary N) is 1. The van der Waals surface area contributed by atoms with Crippen LogP contribution in [0.2, 0.25) is 5.02 Å². The average molecular weight is 386 g/mol. The number of nitrogens with zero attached hydrogens (tertiary/aromatic N) is 5. The van der Waals surface area contributed by atoms with Crippen LogP contribution in [-0.2, 0) is 0 Å². The molecule has 140 valence electrons. The molecule has 1 aliphatic heterocycles. The van der Waals surface area contributed by atoms with Crippen molar-refractivity contribution >= 4 is 40.2 Å². The van der Waals surface area contributed by atoms with E-state index in [0.717, 1.165) is 28.8 Å². The summed E-state index contributed by atoms with van der Waals surface area (Å²) in [4.78, 5) is 19.0. The number of nitrogens with two attached hydrogens (primary N) is 1. The van der Waals surface area contributed by atoms with E-state index in [-0.39, 0.29) is 18.1 Å². The number of fused-ring (bicyclic) bond motifs is 1. The van der Waals surface area contributed by atoms with Crippen LogP contribution in [0.3, 0.4) is 0 Å². The van der Waals surface area contributed by atoms with Crippen molar-refractivity contribution in [3.8, 4) is 0 Å². The lowest BCUT2D eigenvalue weighted by molar-refractivity contribution is 0.198. The zero-order chi connectivity index (χ0) is 19.0. The minimum absolute atomic E-state index is 0.143. The Kier molecular flexibility index (Phi) is 4.67. The predicted octanol–water partition coefficient (Wildman–Crippen LogP) is 2.40. The summed E-state index contributed by atoms with van der Waals surface area (Å²) in [5, 5.41) is 14.8. The second-order valence-corrected chi connectivity index (χ2v) is 7.04. The summed E-state index contributed by atoms with van der Waals surface area (Å²) in [6.45, 7) is 3.29. The van der Waals surface area contributed by atoms with Gasteiger partial charge in [0.1, 0.15) is 12.1 Å². The summed E-state index contributed by atoms with van der Waals surface area (Å²) in [5.74, 6) is 1.36. The van der Waals surface area contributed by atoms with Gasteiger partial charge in [-0.25, -0.2) is 15.0 Å². The maximum absolute atomic E-state index is 9.97. The van der Waals surface area contributed by atoms with Crippen molar-refractivity contribution in [1.82, 2.24) is 19.9 Å². The van der Waals surface area contributed by atoms with Crippen molar-refractivity contribution in [2.75, 3.05) is 29.0 Å². The van der Waals surface area contributed by atoms with Crippen LogP contribution in [-0.4, -0.2) is 44.2 Å². The lowest BCUT2D eigenvalue weighted by atomic mass is 10.1. The highest BCUT2D eigenvalue weighted by Crippen LogP contribution is 2.34. The van der Waals surface area contributed by atoms with Gasteiger partial charge >= 0.3 is 0 Å². The molecule has 4 rings (SSSR count). The number of anilines is 3. The first kappa shape index (κ1) is 17.7. The third-order valence-corrected chi connectivity index (χ3v) is 4.98. The number of hydrogen-bond donors (Lipinski definition) is 3. The number of halogens is 1. The summed E-state index contributed by atoms with van der Waals surface area (Å²) < 4.78 is 0. The number of nitrogen functional groups attached to an aromatic ring is 1. The Morgan fingerprint density at radius 1 is 1.33 bits per heavy atom. The molecule has 0 unspecified atom stereocenters. The number of hydrogen-bond acceptors (Lipinski definition) is 8. The quantitative estimate of drug-likeness (QED) is 0.627. The lowest BCUT2D eigenvalue weighted by Gasteiger charge is -2.24. The molecule has 0 saturated carbocycles. The molecule has 1 saturated heterocycles. The third kappa shape index (κ3) is 3.58. The van der Waals surface area contributed by atoms with Crippen LogP contribution in [0.15, 0.2) is 30.6 Å². The summed E-state index contributed by atoms with van der Waals surface area (Å²) in [6.07, 6.45) is 1.73. The number of aliphatic hydroxyl groups is 1. The largest absolute Gasteiger partial charge is 0.391 e. The Hall–Kier alpha value is -2.71. The summed E-state index contributed by atoms with van der Waals surface area (Å²) in [7, 11) is 0. The maximum Gasteiger partial charge on any atom is 0.227 e. The smallest absolute Gasteiger partial charge is 0.227 e. The van der Waals surface area contributed by atoms with Gasteiger partial charge in [0.05, 0.1) is 22.7 Å². The van der Waals surface area contributed by atoms with Crippen molar-refractivity contribution in [2.45, 2.75) is 25.5 Å². The van der Waals surface area contributed by atoms with Crippen molar-refractivity contribution < 1.29 is 5.11 Å². The molecule has 4 N–H and O–H groups in total. The summed E-state index contributed by atoms with van der Waals surface area (Å²) in [6, 6.07) is 7.63. The molecule has 0 radical (unpaired) electrons. The third-order valence-electron chi connectivity index (χ3n) is 4.67. The highest BCUT2D eigenvalue weighted by atomic mass is 35.5. The molecule has 2 atom stereocenters. The number of rotatable bonds is 4. The van der Waals surface area contributed by atoms with E-state index in [1.807, 2.05) is 25.1 Å². The minimum Gasteiger partial charge on any atom is -0.391 e. The number of aliphatic hydroxyl groups excluding tert-OH is 1. The fraction of sp³-hybridized carbons (Fsp3) is 0.333. The molecule has 1 aromatic carbocycles. The molecule has 3 aromatic rings. The topological polar surface area (TPSA) is 113 Å². The average Bonchev–Trinajstić information content (AvgIpc) is 3.07. The van der Waals surface area contributed by atoms with E-state index in [9.17, 15) is 5.11 Å². The SMILES string of the molecule is C[C@H](Nc1ncnc(N)n1)c1cc2cccc(Cl)c2nc1N1CC[C@H](O)C1. The summed E-state index contributed by atoms with van der Waals surface area (Å²) >= 11 is 6.36. The number of benzene rings is 1. The summed E-state index contributed by atoms with van der Waals surface area (Å²) in [5.41, 5.74) is 7.36. The first-order chi connectivity index (χ1) is 13.0. The Morgan fingerprint density at radius 2 is 2.19 bits per heavy atom. The van der Waals surface area contributed by atoms with Crippen LogP contribution in [0.1, 0.15) is 24.9 Å². The van der Waals surface area contributed by atoms with E-state index >= 15 is 0 Å². The van der Waals surface area contributed by atoms with Gasteiger partial charge in [-0.1, -0.05) is 23.7 Å². The second-order valence-electron chi connectivity index (χ2n) is 6.63. The molecule has 1 fully saturated rings. The molecule has 8 nitrogen and oxygen atoms in total. The second kappa shape index (κ2) is 7.13. The van der Waals surface area contributed by atoms with E-state index < -0.39 is 0 Å². The molecule has 0 spiro atoms. The van der Waals surface area contributed by atoms with Gasteiger partial charge in [0.25, 0.3) is 0 Å². The van der Waals surface area contributed by atoms with Gasteiger partial charge in [-0.3, -0.25) is 0 Å². The molecule has 0 aliphatic carbocycles. The van der Waals surface area contributed by atoms with Crippen molar-refractivity contribution in [2.24, 2.45) is 0 Å². The van der Waals surface area contributed by atoms with Gasteiger partial charge in [-0.05, 0) is 25.5 Å². The van der Waals surface area contributed by atoms with Crippen LogP contribution >= 0.6 is 11.6 Å². The first-order valence-electron chi connectivity index (χ1n) is 8.74. The highest BCUT2D eigenvalue weighted by molar-refractivity contribution is 6.35. The normalized spacial score (nSPS) is 18.0. The minimum atomic E-state index is -0.354. The zero-order valence-corrected chi connectivity index (χ0v) is 15.6. The van der Waals surface area contributed by atoms with E-state index in [1.165, 1.54) is 6.33 Å². The maximum atomic E-state index is 9.97.